The molecule has 0 saturated carbocycles. The summed E-state index contributed by atoms with van der Waals surface area (Å²) in [6.07, 6.45) is 4.28. The number of unbranched alkanes of at least 4 members (excludes halogenated alkanes) is 2. The van der Waals surface area contributed by atoms with Crippen molar-refractivity contribution in [2.24, 2.45) is 5.92 Å². The van der Waals surface area contributed by atoms with Crippen LogP contribution in [0, 0.1) is 17.2 Å². The molecule has 160 valence electrons. The van der Waals surface area contributed by atoms with Crippen LogP contribution in [0.4, 0.5) is 0 Å². The minimum Gasteiger partial charge on any atom is -0.468 e. The SMILES string of the molecule is CCCCCN(Cc1ccc(-c2ccccc2C#N)cc1)[C@H](C(=O)OC)[C@@H](C)CC. The summed E-state index contributed by atoms with van der Waals surface area (Å²) in [5.74, 6) is 0.0706. The van der Waals surface area contributed by atoms with Gasteiger partial charge < -0.3 is 4.74 Å². The molecule has 2 atom stereocenters. The Bertz CT molecular complexity index is 839. The van der Waals surface area contributed by atoms with Crippen molar-refractivity contribution in [3.63, 3.8) is 0 Å². The molecular formula is C26H34N2O2. The zero-order valence-corrected chi connectivity index (χ0v) is 18.7. The zero-order chi connectivity index (χ0) is 21.9. The Morgan fingerprint density at radius 1 is 1.10 bits per heavy atom. The van der Waals surface area contributed by atoms with E-state index < -0.39 is 0 Å². The van der Waals surface area contributed by atoms with E-state index in [9.17, 15) is 10.1 Å². The van der Waals surface area contributed by atoms with Crippen LogP contribution in [0.25, 0.3) is 11.1 Å². The monoisotopic (exact) mass is 406 g/mol. The highest BCUT2D eigenvalue weighted by Gasteiger charge is 2.31. The van der Waals surface area contributed by atoms with E-state index in [4.69, 9.17) is 4.74 Å². The van der Waals surface area contributed by atoms with Crippen LogP contribution in [0.3, 0.4) is 0 Å². The molecule has 4 heteroatoms. The Morgan fingerprint density at radius 2 is 1.80 bits per heavy atom. The maximum absolute atomic E-state index is 12.6. The first kappa shape index (κ1) is 23.6. The fourth-order valence-corrected chi connectivity index (χ4v) is 3.82. The molecule has 0 bridgehead atoms. The van der Waals surface area contributed by atoms with Crippen LogP contribution in [0.2, 0.25) is 0 Å². The molecule has 2 rings (SSSR count). The number of esters is 1. The average molecular weight is 407 g/mol. The maximum atomic E-state index is 12.6. The van der Waals surface area contributed by atoms with E-state index in [1.807, 2.05) is 24.3 Å². The minimum atomic E-state index is -0.240. The summed E-state index contributed by atoms with van der Waals surface area (Å²) in [4.78, 5) is 14.9. The van der Waals surface area contributed by atoms with Gasteiger partial charge in [-0.25, -0.2) is 0 Å². The average Bonchev–Trinajstić information content (AvgIpc) is 2.79. The molecule has 0 aliphatic carbocycles. The number of rotatable bonds is 11. The molecule has 0 amide bonds. The third-order valence-electron chi connectivity index (χ3n) is 5.77. The maximum Gasteiger partial charge on any atom is 0.323 e. The van der Waals surface area contributed by atoms with Crippen molar-refractivity contribution in [2.45, 2.75) is 59.0 Å². The van der Waals surface area contributed by atoms with Gasteiger partial charge in [0.25, 0.3) is 0 Å². The highest BCUT2D eigenvalue weighted by Crippen LogP contribution is 2.25. The number of nitriles is 1. The van der Waals surface area contributed by atoms with Crippen molar-refractivity contribution in [3.05, 3.63) is 59.7 Å². The lowest BCUT2D eigenvalue weighted by Gasteiger charge is -2.33. The molecule has 0 spiro atoms. The second-order valence-electron chi connectivity index (χ2n) is 7.89. The van der Waals surface area contributed by atoms with E-state index >= 15 is 0 Å². The van der Waals surface area contributed by atoms with Crippen molar-refractivity contribution in [3.8, 4) is 17.2 Å². The van der Waals surface area contributed by atoms with Crippen molar-refractivity contribution < 1.29 is 9.53 Å². The number of ether oxygens (including phenoxy) is 1. The fraction of sp³-hybridized carbons (Fsp3) is 0.462. The Balaban J connectivity index is 2.26. The molecule has 2 aromatic carbocycles. The number of nitrogens with zero attached hydrogens (tertiary/aromatic N) is 2. The molecule has 0 radical (unpaired) electrons. The van der Waals surface area contributed by atoms with Gasteiger partial charge in [-0.1, -0.05) is 82.5 Å². The van der Waals surface area contributed by atoms with Gasteiger partial charge in [0.05, 0.1) is 18.7 Å². The Morgan fingerprint density at radius 3 is 2.40 bits per heavy atom. The predicted octanol–water partition coefficient (Wildman–Crippen LogP) is 5.81. The molecule has 0 heterocycles. The van der Waals surface area contributed by atoms with Crippen molar-refractivity contribution >= 4 is 5.97 Å². The first-order valence-electron chi connectivity index (χ1n) is 11.0. The smallest absolute Gasteiger partial charge is 0.323 e. The van der Waals surface area contributed by atoms with Crippen LogP contribution >= 0.6 is 0 Å². The Labute approximate surface area is 181 Å². The van der Waals surface area contributed by atoms with Crippen molar-refractivity contribution in [1.82, 2.24) is 4.90 Å². The molecular weight excluding hydrogens is 372 g/mol. The molecule has 0 aliphatic rings. The van der Waals surface area contributed by atoms with Gasteiger partial charge in [-0.2, -0.15) is 5.26 Å². The number of benzene rings is 2. The molecule has 0 fully saturated rings. The van der Waals surface area contributed by atoms with Crippen LogP contribution in [-0.4, -0.2) is 30.6 Å². The predicted molar refractivity (Wildman–Crippen MR) is 122 cm³/mol. The number of hydrogen-bond acceptors (Lipinski definition) is 4. The van der Waals surface area contributed by atoms with Gasteiger partial charge >= 0.3 is 5.97 Å². The summed E-state index contributed by atoms with van der Waals surface area (Å²) in [6, 6.07) is 18.0. The first-order valence-corrected chi connectivity index (χ1v) is 11.0. The Hall–Kier alpha value is -2.64. The number of hydrogen-bond donors (Lipinski definition) is 0. The summed E-state index contributed by atoms with van der Waals surface area (Å²) in [5, 5.41) is 9.37. The van der Waals surface area contributed by atoms with Crippen molar-refractivity contribution in [2.75, 3.05) is 13.7 Å². The van der Waals surface area contributed by atoms with Crippen LogP contribution in [-0.2, 0) is 16.1 Å². The molecule has 2 aromatic rings. The van der Waals surface area contributed by atoms with Gasteiger partial charge in [0, 0.05) is 6.54 Å². The van der Waals surface area contributed by atoms with Gasteiger partial charge in [0.15, 0.2) is 0 Å². The number of carbonyl (C=O) groups is 1. The van der Waals surface area contributed by atoms with Gasteiger partial charge in [0.2, 0.25) is 0 Å². The lowest BCUT2D eigenvalue weighted by Crippen LogP contribution is -2.46. The van der Waals surface area contributed by atoms with Gasteiger partial charge in [-0.05, 0) is 41.6 Å². The molecule has 0 N–H and O–H groups in total. The summed E-state index contributed by atoms with van der Waals surface area (Å²) in [7, 11) is 1.48. The second-order valence-corrected chi connectivity index (χ2v) is 7.89. The summed E-state index contributed by atoms with van der Waals surface area (Å²) in [5.41, 5.74) is 3.80. The van der Waals surface area contributed by atoms with E-state index in [0.717, 1.165) is 48.9 Å². The quantitative estimate of drug-likeness (QED) is 0.349. The van der Waals surface area contributed by atoms with Crippen LogP contribution < -0.4 is 0 Å². The molecule has 0 aromatic heterocycles. The van der Waals surface area contributed by atoms with Crippen LogP contribution in [0.5, 0.6) is 0 Å². The molecule has 0 saturated heterocycles. The number of carbonyl (C=O) groups excluding carboxylic acids is 1. The lowest BCUT2D eigenvalue weighted by molar-refractivity contribution is -0.149. The summed E-state index contributed by atoms with van der Waals surface area (Å²) >= 11 is 0. The van der Waals surface area contributed by atoms with Gasteiger partial charge in [-0.15, -0.1) is 0 Å². The summed E-state index contributed by atoms with van der Waals surface area (Å²) in [6.45, 7) is 8.00. The second kappa shape index (κ2) is 12.1. The lowest BCUT2D eigenvalue weighted by atomic mass is 9.96. The van der Waals surface area contributed by atoms with E-state index in [1.165, 1.54) is 7.11 Å². The molecule has 4 nitrogen and oxygen atoms in total. The van der Waals surface area contributed by atoms with Gasteiger partial charge in [-0.3, -0.25) is 9.69 Å². The van der Waals surface area contributed by atoms with Gasteiger partial charge in [0.1, 0.15) is 6.04 Å². The van der Waals surface area contributed by atoms with Crippen molar-refractivity contribution in [1.29, 1.82) is 5.26 Å². The highest BCUT2D eigenvalue weighted by molar-refractivity contribution is 5.76. The van der Waals surface area contributed by atoms with E-state index in [0.29, 0.717) is 12.1 Å². The van der Waals surface area contributed by atoms with E-state index in [-0.39, 0.29) is 17.9 Å². The van der Waals surface area contributed by atoms with Crippen LogP contribution in [0.15, 0.2) is 48.5 Å². The topological polar surface area (TPSA) is 53.3 Å². The first-order chi connectivity index (χ1) is 14.5. The number of methoxy groups -OCH3 is 1. The third-order valence-corrected chi connectivity index (χ3v) is 5.77. The highest BCUT2D eigenvalue weighted by atomic mass is 16.5. The largest absolute Gasteiger partial charge is 0.468 e. The van der Waals surface area contributed by atoms with E-state index in [1.54, 1.807) is 0 Å². The zero-order valence-electron chi connectivity index (χ0n) is 18.7. The third kappa shape index (κ3) is 6.18. The minimum absolute atomic E-state index is 0.152. The normalized spacial score (nSPS) is 12.9. The van der Waals surface area contributed by atoms with E-state index in [2.05, 4.69) is 56.0 Å². The molecule has 30 heavy (non-hydrogen) atoms. The summed E-state index contributed by atoms with van der Waals surface area (Å²) < 4.78 is 5.15. The molecule has 0 unspecified atom stereocenters. The van der Waals surface area contributed by atoms with Crippen LogP contribution in [0.1, 0.15) is 57.6 Å². The Kier molecular flexibility index (Phi) is 9.57. The molecule has 0 aliphatic heterocycles. The standard InChI is InChI=1S/C26H34N2O2/c1-5-7-10-17-28(25(20(3)6-2)26(29)30-4)19-21-13-15-22(16-14-21)24-12-9-8-11-23(24)18-27/h8-9,11-16,20,25H,5-7,10,17,19H2,1-4H3/t20-,25-/m0/s1. The fourth-order valence-electron chi connectivity index (χ4n) is 3.82.